The molecule has 0 unspecified atom stereocenters. The van der Waals surface area contributed by atoms with Gasteiger partial charge in [-0.2, -0.15) is 0 Å². The van der Waals surface area contributed by atoms with E-state index in [1.165, 1.54) is 18.5 Å². The van der Waals surface area contributed by atoms with E-state index in [0.29, 0.717) is 27.6 Å². The summed E-state index contributed by atoms with van der Waals surface area (Å²) in [7, 11) is 0. The number of nitrogens with zero attached hydrogens (tertiary/aromatic N) is 5. The van der Waals surface area contributed by atoms with E-state index in [2.05, 4.69) is 20.2 Å². The van der Waals surface area contributed by atoms with Crippen LogP contribution in [0.4, 0.5) is 10.3 Å². The Morgan fingerprint density at radius 3 is 2.56 bits per heavy atom. The van der Waals surface area contributed by atoms with E-state index in [0.717, 1.165) is 11.3 Å². The Labute approximate surface area is 147 Å². The highest BCUT2D eigenvalue weighted by Crippen LogP contribution is 2.35. The Hall–Kier alpha value is -3.06. The normalized spacial score (nSPS) is 11.2. The van der Waals surface area contributed by atoms with Crippen molar-refractivity contribution in [2.24, 2.45) is 0 Å². The molecule has 0 aliphatic heterocycles. The molecule has 0 spiro atoms. The van der Waals surface area contributed by atoms with Gasteiger partial charge in [-0.1, -0.05) is 11.6 Å². The Balaban J connectivity index is 2.10. The second-order valence-corrected chi connectivity index (χ2v) is 5.93. The molecule has 0 radical (unpaired) electrons. The summed E-state index contributed by atoms with van der Waals surface area (Å²) < 4.78 is 14.9. The molecule has 0 amide bonds. The van der Waals surface area contributed by atoms with Gasteiger partial charge in [0.2, 0.25) is 5.95 Å². The van der Waals surface area contributed by atoms with Gasteiger partial charge in [0.1, 0.15) is 17.3 Å². The van der Waals surface area contributed by atoms with Crippen LogP contribution in [-0.4, -0.2) is 24.6 Å². The molecule has 0 saturated heterocycles. The molecule has 0 saturated carbocycles. The van der Waals surface area contributed by atoms with Gasteiger partial charge in [0, 0.05) is 11.3 Å². The van der Waals surface area contributed by atoms with E-state index >= 15 is 0 Å². The molecule has 0 atom stereocenters. The lowest BCUT2D eigenvalue weighted by atomic mass is 10.00. The monoisotopic (exact) mass is 354 g/mol. The number of aromatic nitrogens is 5. The Bertz CT molecular complexity index is 1070. The first kappa shape index (κ1) is 15.5. The number of fused-ring (bicyclic) bond motifs is 1. The highest BCUT2D eigenvalue weighted by Gasteiger charge is 2.18. The number of pyridine rings is 1. The SMILES string of the molecule is Cc1cc(-c2c(-c3ccc(F)cc3)nc(N)n3cnnc23)cc(Cl)n1. The van der Waals surface area contributed by atoms with Crippen molar-refractivity contribution in [1.82, 2.24) is 24.6 Å². The van der Waals surface area contributed by atoms with Gasteiger partial charge in [0.05, 0.1) is 11.3 Å². The standard InChI is InChI=1S/C17H12ClFN6/c1-9-6-11(7-13(18)22-9)14-15(10-2-4-12(19)5-3-10)23-17(20)25-8-21-24-16(14)25/h2-8H,1H3,(H2,20,23). The molecule has 0 aliphatic carbocycles. The van der Waals surface area contributed by atoms with E-state index in [1.54, 1.807) is 22.6 Å². The number of hydrogen-bond donors (Lipinski definition) is 1. The minimum absolute atomic E-state index is 0.236. The maximum absolute atomic E-state index is 13.3. The zero-order chi connectivity index (χ0) is 17.6. The van der Waals surface area contributed by atoms with Crippen LogP contribution in [0.3, 0.4) is 0 Å². The number of benzene rings is 1. The van der Waals surface area contributed by atoms with Gasteiger partial charge in [0.25, 0.3) is 0 Å². The van der Waals surface area contributed by atoms with E-state index in [1.807, 2.05) is 13.0 Å². The number of anilines is 1. The lowest BCUT2D eigenvalue weighted by Gasteiger charge is -2.13. The van der Waals surface area contributed by atoms with Crippen LogP contribution in [0.15, 0.2) is 42.7 Å². The molecule has 3 aromatic heterocycles. The average molecular weight is 355 g/mol. The quantitative estimate of drug-likeness (QED) is 0.557. The van der Waals surface area contributed by atoms with Crippen LogP contribution >= 0.6 is 11.6 Å². The maximum Gasteiger partial charge on any atom is 0.207 e. The first-order valence-electron chi connectivity index (χ1n) is 7.42. The van der Waals surface area contributed by atoms with Gasteiger partial charge in [0.15, 0.2) is 5.65 Å². The number of rotatable bonds is 2. The molecule has 8 heteroatoms. The van der Waals surface area contributed by atoms with Crippen molar-refractivity contribution in [2.75, 3.05) is 5.73 Å². The van der Waals surface area contributed by atoms with Crippen LogP contribution in [0.25, 0.3) is 28.0 Å². The molecule has 4 rings (SSSR count). The summed E-state index contributed by atoms with van der Waals surface area (Å²) in [5.41, 5.74) is 10.1. The largest absolute Gasteiger partial charge is 0.369 e. The van der Waals surface area contributed by atoms with Crippen molar-refractivity contribution in [3.8, 4) is 22.4 Å². The summed E-state index contributed by atoms with van der Waals surface area (Å²) in [4.78, 5) is 8.67. The summed E-state index contributed by atoms with van der Waals surface area (Å²) in [6.45, 7) is 1.85. The Morgan fingerprint density at radius 2 is 1.84 bits per heavy atom. The fourth-order valence-corrected chi connectivity index (χ4v) is 3.01. The van der Waals surface area contributed by atoms with Gasteiger partial charge in [-0.15, -0.1) is 10.2 Å². The van der Waals surface area contributed by atoms with Gasteiger partial charge in [-0.05, 0) is 48.9 Å². The lowest BCUT2D eigenvalue weighted by molar-refractivity contribution is 0.628. The second kappa shape index (κ2) is 5.78. The first-order chi connectivity index (χ1) is 12.0. The van der Waals surface area contributed by atoms with Crippen molar-refractivity contribution >= 4 is 23.2 Å². The molecule has 0 aliphatic rings. The topological polar surface area (TPSA) is 82.0 Å². The van der Waals surface area contributed by atoms with Crippen molar-refractivity contribution < 1.29 is 4.39 Å². The predicted molar refractivity (Wildman–Crippen MR) is 93.6 cm³/mol. The van der Waals surface area contributed by atoms with Crippen LogP contribution in [0.5, 0.6) is 0 Å². The molecule has 4 aromatic rings. The molecule has 3 heterocycles. The van der Waals surface area contributed by atoms with Crippen molar-refractivity contribution in [3.63, 3.8) is 0 Å². The summed E-state index contributed by atoms with van der Waals surface area (Å²) in [6.07, 6.45) is 1.49. The van der Waals surface area contributed by atoms with Crippen molar-refractivity contribution in [1.29, 1.82) is 0 Å². The van der Waals surface area contributed by atoms with Gasteiger partial charge < -0.3 is 5.73 Å². The highest BCUT2D eigenvalue weighted by molar-refractivity contribution is 6.29. The highest BCUT2D eigenvalue weighted by atomic mass is 35.5. The molecule has 25 heavy (non-hydrogen) atoms. The molecule has 124 valence electrons. The third-order valence-electron chi connectivity index (χ3n) is 3.81. The van der Waals surface area contributed by atoms with Gasteiger partial charge >= 0.3 is 0 Å². The van der Waals surface area contributed by atoms with Crippen LogP contribution in [-0.2, 0) is 0 Å². The second-order valence-electron chi connectivity index (χ2n) is 5.54. The molecule has 0 bridgehead atoms. The zero-order valence-electron chi connectivity index (χ0n) is 13.1. The van der Waals surface area contributed by atoms with Gasteiger partial charge in [-0.25, -0.2) is 14.4 Å². The summed E-state index contributed by atoms with van der Waals surface area (Å²) in [5, 5.41) is 8.46. The predicted octanol–water partition coefficient (Wildman–Crippen LogP) is 3.54. The average Bonchev–Trinajstić information content (AvgIpc) is 3.04. The van der Waals surface area contributed by atoms with Crippen molar-refractivity contribution in [2.45, 2.75) is 6.92 Å². The maximum atomic E-state index is 13.3. The number of nitrogen functional groups attached to an aromatic ring is 1. The molecule has 6 nitrogen and oxygen atoms in total. The molecule has 2 N–H and O–H groups in total. The van der Waals surface area contributed by atoms with E-state index in [4.69, 9.17) is 17.3 Å². The van der Waals surface area contributed by atoms with E-state index < -0.39 is 0 Å². The van der Waals surface area contributed by atoms with Crippen LogP contribution in [0.2, 0.25) is 5.15 Å². The van der Waals surface area contributed by atoms with E-state index in [9.17, 15) is 4.39 Å². The fraction of sp³-hybridized carbons (Fsp3) is 0.0588. The van der Waals surface area contributed by atoms with Crippen LogP contribution in [0, 0.1) is 12.7 Å². The molecule has 1 aromatic carbocycles. The van der Waals surface area contributed by atoms with E-state index in [-0.39, 0.29) is 11.8 Å². The minimum Gasteiger partial charge on any atom is -0.369 e. The number of nitrogens with two attached hydrogens (primary N) is 1. The molecular formula is C17H12ClFN6. The fourth-order valence-electron chi connectivity index (χ4n) is 2.76. The summed E-state index contributed by atoms with van der Waals surface area (Å²) in [5.74, 6) is -0.0930. The summed E-state index contributed by atoms with van der Waals surface area (Å²) in [6, 6.07) is 9.63. The number of hydrogen-bond acceptors (Lipinski definition) is 5. The Morgan fingerprint density at radius 1 is 1.08 bits per heavy atom. The third kappa shape index (κ3) is 2.68. The van der Waals surface area contributed by atoms with Crippen LogP contribution < -0.4 is 5.73 Å². The number of halogens is 2. The summed E-state index contributed by atoms with van der Waals surface area (Å²) >= 11 is 6.13. The van der Waals surface area contributed by atoms with Gasteiger partial charge in [-0.3, -0.25) is 4.40 Å². The Kier molecular flexibility index (Phi) is 3.58. The number of aryl methyl sites for hydroxylation is 1. The minimum atomic E-state index is -0.329. The molecular weight excluding hydrogens is 343 g/mol. The smallest absolute Gasteiger partial charge is 0.207 e. The van der Waals surface area contributed by atoms with Crippen LogP contribution in [0.1, 0.15) is 5.69 Å². The molecule has 0 fully saturated rings. The van der Waals surface area contributed by atoms with Crippen molar-refractivity contribution in [3.05, 3.63) is 59.4 Å². The lowest BCUT2D eigenvalue weighted by Crippen LogP contribution is -2.04. The zero-order valence-corrected chi connectivity index (χ0v) is 13.9. The third-order valence-corrected chi connectivity index (χ3v) is 4.00. The first-order valence-corrected chi connectivity index (χ1v) is 7.80.